The van der Waals surface area contributed by atoms with Gasteiger partial charge in [0.2, 0.25) is 5.95 Å². The first kappa shape index (κ1) is 25.2. The Bertz CT molecular complexity index is 1060. The minimum Gasteiger partial charge on any atom is -0.394 e. The molecule has 35 heavy (non-hydrogen) atoms. The van der Waals surface area contributed by atoms with Gasteiger partial charge in [-0.2, -0.15) is 4.98 Å². The number of benzene rings is 1. The second-order valence-electron chi connectivity index (χ2n) is 8.92. The highest BCUT2D eigenvalue weighted by molar-refractivity contribution is 7.13. The monoisotopic (exact) mass is 493 g/mol. The van der Waals surface area contributed by atoms with Crippen molar-refractivity contribution < 1.29 is 5.11 Å². The molecule has 9 heteroatoms. The molecule has 1 fully saturated rings. The topological polar surface area (TPSA) is 88.9 Å². The lowest BCUT2D eigenvalue weighted by atomic mass is 10.1. The number of thiophene rings is 1. The zero-order valence-electron chi connectivity index (χ0n) is 20.5. The third-order valence-electron chi connectivity index (χ3n) is 6.04. The molecular formula is C26H35N7OS. The predicted molar refractivity (Wildman–Crippen MR) is 146 cm³/mol. The maximum Gasteiger partial charge on any atom is 0.229 e. The molecule has 0 unspecified atom stereocenters. The Morgan fingerprint density at radius 2 is 1.97 bits per heavy atom. The minimum atomic E-state index is -0.112. The van der Waals surface area contributed by atoms with Gasteiger partial charge in [0.05, 0.1) is 18.7 Å². The summed E-state index contributed by atoms with van der Waals surface area (Å²) in [6.45, 7) is 8.40. The van der Waals surface area contributed by atoms with Crippen molar-refractivity contribution in [1.82, 2.24) is 19.8 Å². The summed E-state index contributed by atoms with van der Waals surface area (Å²) in [5.41, 5.74) is 3.06. The van der Waals surface area contributed by atoms with E-state index < -0.39 is 0 Å². The van der Waals surface area contributed by atoms with Gasteiger partial charge in [0.1, 0.15) is 5.82 Å². The molecule has 3 N–H and O–H groups in total. The SMILES string of the molecule is C[C@H](CO)Nc1nc(Nc2ccc(CC=NCCN3CCN(C)CC3)cc2)ncc1-c1cccs1. The number of rotatable bonds is 11. The van der Waals surface area contributed by atoms with Crippen molar-refractivity contribution in [3.05, 3.63) is 53.5 Å². The number of aliphatic hydroxyl groups excluding tert-OH is 1. The Morgan fingerprint density at radius 3 is 2.69 bits per heavy atom. The molecule has 0 saturated carbocycles. The van der Waals surface area contributed by atoms with E-state index in [0.29, 0.717) is 11.8 Å². The summed E-state index contributed by atoms with van der Waals surface area (Å²) in [4.78, 5) is 19.7. The van der Waals surface area contributed by atoms with E-state index in [1.807, 2.05) is 49.0 Å². The van der Waals surface area contributed by atoms with Crippen molar-refractivity contribution >= 4 is 35.0 Å². The molecule has 0 spiro atoms. The summed E-state index contributed by atoms with van der Waals surface area (Å²) in [5.74, 6) is 1.21. The molecule has 186 valence electrons. The van der Waals surface area contributed by atoms with Gasteiger partial charge in [-0.25, -0.2) is 4.98 Å². The van der Waals surface area contributed by atoms with Gasteiger partial charge < -0.3 is 20.6 Å². The first-order chi connectivity index (χ1) is 17.1. The number of nitrogens with one attached hydrogen (secondary N) is 2. The smallest absolute Gasteiger partial charge is 0.229 e. The van der Waals surface area contributed by atoms with Crippen LogP contribution in [0.25, 0.3) is 10.4 Å². The summed E-state index contributed by atoms with van der Waals surface area (Å²) < 4.78 is 0. The molecular weight excluding hydrogens is 458 g/mol. The van der Waals surface area contributed by atoms with Crippen molar-refractivity contribution in [2.24, 2.45) is 4.99 Å². The average Bonchev–Trinajstić information content (AvgIpc) is 3.41. The second kappa shape index (κ2) is 12.7. The molecule has 8 nitrogen and oxygen atoms in total. The fourth-order valence-electron chi connectivity index (χ4n) is 3.83. The molecule has 2 aromatic heterocycles. The van der Waals surface area contributed by atoms with E-state index in [4.69, 9.17) is 0 Å². The standard InChI is InChI=1S/C26H35N7OS/c1-20(19-34)29-25-23(24-4-3-17-35-24)18-28-26(31-25)30-22-7-5-21(6-8-22)9-10-27-11-12-33-15-13-32(2)14-16-33/h3-8,10,17-18,20,34H,9,11-16,19H2,1-2H3,(H2,28,29,30,31)/t20-/m1/s1. The van der Waals surface area contributed by atoms with E-state index in [0.717, 1.165) is 61.8 Å². The van der Waals surface area contributed by atoms with Crippen LogP contribution < -0.4 is 10.6 Å². The normalized spacial score (nSPS) is 16.0. The van der Waals surface area contributed by atoms with Crippen LogP contribution in [0.5, 0.6) is 0 Å². The second-order valence-corrected chi connectivity index (χ2v) is 9.87. The van der Waals surface area contributed by atoms with E-state index >= 15 is 0 Å². The molecule has 4 rings (SSSR count). The molecule has 0 radical (unpaired) electrons. The van der Waals surface area contributed by atoms with Crippen LogP contribution in [0.3, 0.4) is 0 Å². The van der Waals surface area contributed by atoms with E-state index in [9.17, 15) is 5.11 Å². The summed E-state index contributed by atoms with van der Waals surface area (Å²) in [5, 5.41) is 18.1. The number of aliphatic imine (C=N–C) groups is 1. The molecule has 1 aromatic carbocycles. The van der Waals surface area contributed by atoms with Crippen LogP contribution in [-0.4, -0.2) is 90.1 Å². The van der Waals surface area contributed by atoms with Crippen LogP contribution in [0, 0.1) is 0 Å². The number of anilines is 3. The van der Waals surface area contributed by atoms with Crippen molar-refractivity contribution in [1.29, 1.82) is 0 Å². The van der Waals surface area contributed by atoms with Crippen molar-refractivity contribution in [3.8, 4) is 10.4 Å². The van der Waals surface area contributed by atoms with E-state index in [1.54, 1.807) is 11.3 Å². The van der Waals surface area contributed by atoms with Crippen LogP contribution in [0.2, 0.25) is 0 Å². The lowest BCUT2D eigenvalue weighted by Crippen LogP contribution is -2.45. The van der Waals surface area contributed by atoms with Gasteiger partial charge in [-0.05, 0) is 43.1 Å². The van der Waals surface area contributed by atoms with Crippen LogP contribution >= 0.6 is 11.3 Å². The molecule has 1 saturated heterocycles. The summed E-state index contributed by atoms with van der Waals surface area (Å²) >= 11 is 1.64. The van der Waals surface area contributed by atoms with Crippen molar-refractivity contribution in [2.45, 2.75) is 19.4 Å². The first-order valence-electron chi connectivity index (χ1n) is 12.1. The van der Waals surface area contributed by atoms with E-state index in [1.165, 1.54) is 5.56 Å². The van der Waals surface area contributed by atoms with Crippen molar-refractivity contribution in [3.63, 3.8) is 0 Å². The highest BCUT2D eigenvalue weighted by Crippen LogP contribution is 2.31. The fourth-order valence-corrected chi connectivity index (χ4v) is 4.57. The Morgan fingerprint density at radius 1 is 1.17 bits per heavy atom. The number of aromatic nitrogens is 2. The Balaban J connectivity index is 1.31. The summed E-state index contributed by atoms with van der Waals surface area (Å²) in [6.07, 6.45) is 4.66. The lowest BCUT2D eigenvalue weighted by molar-refractivity contribution is 0.157. The number of nitrogens with zero attached hydrogens (tertiary/aromatic N) is 5. The third kappa shape index (κ3) is 7.57. The van der Waals surface area contributed by atoms with Crippen molar-refractivity contribution in [2.75, 3.05) is 63.6 Å². The molecule has 0 bridgehead atoms. The molecule has 3 aromatic rings. The predicted octanol–water partition coefficient (Wildman–Crippen LogP) is 3.60. The van der Waals surface area contributed by atoms with Gasteiger partial charge in [0.25, 0.3) is 0 Å². The Kier molecular flexibility index (Phi) is 9.19. The van der Waals surface area contributed by atoms with Crippen LogP contribution in [0.15, 0.2) is 53.0 Å². The van der Waals surface area contributed by atoms with Gasteiger partial charge in [0.15, 0.2) is 0 Å². The third-order valence-corrected chi connectivity index (χ3v) is 6.94. The van der Waals surface area contributed by atoms with Crippen LogP contribution in [0.4, 0.5) is 17.5 Å². The van der Waals surface area contributed by atoms with Gasteiger partial charge in [-0.15, -0.1) is 11.3 Å². The first-order valence-corrected chi connectivity index (χ1v) is 13.0. The largest absolute Gasteiger partial charge is 0.394 e. The molecule has 1 atom stereocenters. The van der Waals surface area contributed by atoms with Crippen LogP contribution in [0.1, 0.15) is 12.5 Å². The highest BCUT2D eigenvalue weighted by Gasteiger charge is 2.13. The molecule has 3 heterocycles. The zero-order valence-corrected chi connectivity index (χ0v) is 21.3. The summed E-state index contributed by atoms with van der Waals surface area (Å²) in [6, 6.07) is 12.2. The Hall–Kier alpha value is -2.85. The average molecular weight is 494 g/mol. The minimum absolute atomic E-state index is 0.0251. The van der Waals surface area contributed by atoms with E-state index in [-0.39, 0.29) is 12.6 Å². The fraction of sp³-hybridized carbons (Fsp3) is 0.423. The van der Waals surface area contributed by atoms with Gasteiger partial charge in [0, 0.05) is 68.2 Å². The molecule has 0 aliphatic carbocycles. The summed E-state index contributed by atoms with van der Waals surface area (Å²) in [7, 11) is 2.18. The van der Waals surface area contributed by atoms with E-state index in [2.05, 4.69) is 54.6 Å². The number of likely N-dealkylation sites (N-methyl/N-ethyl adjacent to an activating group) is 1. The maximum absolute atomic E-state index is 9.48. The van der Waals surface area contributed by atoms with Gasteiger partial charge in [-0.1, -0.05) is 18.2 Å². The molecule has 0 amide bonds. The Labute approximate surface area is 211 Å². The lowest BCUT2D eigenvalue weighted by Gasteiger charge is -2.31. The zero-order chi connectivity index (χ0) is 24.5. The van der Waals surface area contributed by atoms with Gasteiger partial charge in [-0.3, -0.25) is 9.89 Å². The maximum atomic E-state index is 9.48. The van der Waals surface area contributed by atoms with Crippen LogP contribution in [-0.2, 0) is 6.42 Å². The van der Waals surface area contributed by atoms with Gasteiger partial charge >= 0.3 is 0 Å². The number of aliphatic hydroxyl groups is 1. The number of hydrogen-bond acceptors (Lipinski definition) is 9. The molecule has 1 aliphatic rings. The quantitative estimate of drug-likeness (QED) is 0.352. The molecule has 1 aliphatic heterocycles. The number of hydrogen-bond donors (Lipinski definition) is 3. The highest BCUT2D eigenvalue weighted by atomic mass is 32.1. The number of piperazine rings is 1.